The summed E-state index contributed by atoms with van der Waals surface area (Å²) in [6, 6.07) is 19.1. The maximum atomic E-state index is 12.4. The maximum absolute atomic E-state index is 12.4. The van der Waals surface area contributed by atoms with Crippen molar-refractivity contribution >= 4 is 22.9 Å². The first-order chi connectivity index (χ1) is 11.7. The highest BCUT2D eigenvalue weighted by Gasteiger charge is 2.24. The third-order valence-corrected chi connectivity index (χ3v) is 4.46. The predicted octanol–water partition coefficient (Wildman–Crippen LogP) is 4.36. The molecule has 1 amide bonds. The van der Waals surface area contributed by atoms with Gasteiger partial charge in [-0.05, 0) is 19.1 Å². The van der Waals surface area contributed by atoms with E-state index in [1.54, 1.807) is 12.1 Å². The number of carbonyl (C=O) groups is 1. The number of hydrogen-bond donors (Lipinski definition) is 1. The molecule has 2 aromatic carbocycles. The molecule has 0 unspecified atom stereocenters. The van der Waals surface area contributed by atoms with Crippen LogP contribution in [-0.4, -0.2) is 10.9 Å². The Labute approximate surface area is 144 Å². The van der Waals surface area contributed by atoms with Crippen LogP contribution in [0.1, 0.15) is 16.5 Å². The second-order valence-electron chi connectivity index (χ2n) is 5.35. The number of amides is 1. The molecular formula is C19H15N3OS. The summed E-state index contributed by atoms with van der Waals surface area (Å²) in [7, 11) is 0. The Morgan fingerprint density at radius 3 is 2.54 bits per heavy atom. The van der Waals surface area contributed by atoms with E-state index in [0.29, 0.717) is 10.7 Å². The van der Waals surface area contributed by atoms with Gasteiger partial charge in [0.05, 0.1) is 11.8 Å². The molecule has 0 bridgehead atoms. The average Bonchev–Trinajstić information content (AvgIpc) is 3.07. The summed E-state index contributed by atoms with van der Waals surface area (Å²) in [6.45, 7) is 2.02. The molecule has 0 saturated heterocycles. The number of hydrogen-bond acceptors (Lipinski definition) is 4. The highest BCUT2D eigenvalue weighted by atomic mass is 32.1. The molecule has 0 aliphatic heterocycles. The Bertz CT molecular complexity index is 879. The number of nitrogens with zero attached hydrogens (tertiary/aromatic N) is 2. The summed E-state index contributed by atoms with van der Waals surface area (Å²) in [5, 5.41) is 14.5. The molecular weight excluding hydrogens is 318 g/mol. The van der Waals surface area contributed by atoms with Gasteiger partial charge in [0.25, 0.3) is 0 Å². The van der Waals surface area contributed by atoms with Gasteiger partial charge >= 0.3 is 0 Å². The smallest absolute Gasteiger partial charge is 0.248 e. The number of aromatic nitrogens is 1. The van der Waals surface area contributed by atoms with Crippen LogP contribution in [0.15, 0.2) is 60.0 Å². The van der Waals surface area contributed by atoms with E-state index in [4.69, 9.17) is 0 Å². The van der Waals surface area contributed by atoms with Crippen molar-refractivity contribution in [1.82, 2.24) is 4.98 Å². The number of nitriles is 1. The zero-order chi connectivity index (χ0) is 16.9. The van der Waals surface area contributed by atoms with Gasteiger partial charge in [-0.15, -0.1) is 11.3 Å². The van der Waals surface area contributed by atoms with Gasteiger partial charge in [-0.1, -0.05) is 48.0 Å². The number of rotatable bonds is 4. The summed E-state index contributed by atoms with van der Waals surface area (Å²) in [6.07, 6.45) is 0. The first kappa shape index (κ1) is 15.9. The van der Waals surface area contributed by atoms with Crippen LogP contribution in [0.3, 0.4) is 0 Å². The molecule has 0 aliphatic carbocycles. The van der Waals surface area contributed by atoms with Crippen LogP contribution in [0.25, 0.3) is 11.3 Å². The lowest BCUT2D eigenvalue weighted by molar-refractivity contribution is -0.116. The lowest BCUT2D eigenvalue weighted by Crippen LogP contribution is -2.19. The maximum Gasteiger partial charge on any atom is 0.248 e. The van der Waals surface area contributed by atoms with Crippen molar-refractivity contribution < 1.29 is 4.79 Å². The minimum Gasteiger partial charge on any atom is -0.325 e. The molecule has 5 heteroatoms. The second-order valence-corrected chi connectivity index (χ2v) is 6.24. The van der Waals surface area contributed by atoms with Crippen LogP contribution in [0.4, 0.5) is 5.69 Å². The van der Waals surface area contributed by atoms with E-state index in [2.05, 4.69) is 10.3 Å². The van der Waals surface area contributed by atoms with E-state index in [9.17, 15) is 10.1 Å². The van der Waals surface area contributed by atoms with E-state index in [1.807, 2.05) is 60.8 Å². The minimum absolute atomic E-state index is 0.367. The molecule has 118 valence electrons. The van der Waals surface area contributed by atoms with Crippen LogP contribution in [0, 0.1) is 18.3 Å². The minimum atomic E-state index is -0.922. The normalized spacial score (nSPS) is 11.5. The van der Waals surface area contributed by atoms with E-state index < -0.39 is 5.92 Å². The molecule has 1 aromatic heterocycles. The average molecular weight is 333 g/mol. The number of nitrogens with one attached hydrogen (secondary N) is 1. The van der Waals surface area contributed by atoms with Crippen molar-refractivity contribution in [3.05, 3.63) is 70.5 Å². The predicted molar refractivity (Wildman–Crippen MR) is 95.7 cm³/mol. The number of thiazole rings is 1. The molecule has 0 saturated carbocycles. The van der Waals surface area contributed by atoms with Crippen molar-refractivity contribution in [2.45, 2.75) is 12.8 Å². The van der Waals surface area contributed by atoms with Crippen molar-refractivity contribution in [2.24, 2.45) is 0 Å². The van der Waals surface area contributed by atoms with E-state index in [-0.39, 0.29) is 5.91 Å². The largest absolute Gasteiger partial charge is 0.325 e. The Morgan fingerprint density at radius 2 is 1.88 bits per heavy atom. The van der Waals surface area contributed by atoms with Gasteiger partial charge in [-0.25, -0.2) is 4.98 Å². The Morgan fingerprint density at radius 1 is 1.17 bits per heavy atom. The van der Waals surface area contributed by atoms with E-state index in [1.165, 1.54) is 16.9 Å². The third kappa shape index (κ3) is 3.50. The summed E-state index contributed by atoms with van der Waals surface area (Å²) in [5.41, 5.74) is 3.59. The monoisotopic (exact) mass is 333 g/mol. The number of aryl methyl sites for hydroxylation is 1. The molecule has 1 N–H and O–H groups in total. The van der Waals surface area contributed by atoms with Gasteiger partial charge in [0, 0.05) is 16.6 Å². The summed E-state index contributed by atoms with van der Waals surface area (Å²) < 4.78 is 0. The highest BCUT2D eigenvalue weighted by molar-refractivity contribution is 7.10. The number of carbonyl (C=O) groups excluding carboxylic acids is 1. The van der Waals surface area contributed by atoms with Gasteiger partial charge in [0.15, 0.2) is 5.92 Å². The summed E-state index contributed by atoms with van der Waals surface area (Å²) >= 11 is 1.33. The Hall–Kier alpha value is -2.97. The van der Waals surface area contributed by atoms with Crippen LogP contribution < -0.4 is 5.32 Å². The van der Waals surface area contributed by atoms with Crippen molar-refractivity contribution in [2.75, 3.05) is 5.32 Å². The zero-order valence-electron chi connectivity index (χ0n) is 13.1. The van der Waals surface area contributed by atoms with Gasteiger partial charge in [0.2, 0.25) is 5.91 Å². The summed E-state index contributed by atoms with van der Waals surface area (Å²) in [4.78, 5) is 16.8. The van der Waals surface area contributed by atoms with E-state index in [0.717, 1.165) is 11.3 Å². The molecule has 3 rings (SSSR count). The Kier molecular flexibility index (Phi) is 4.69. The molecule has 0 spiro atoms. The molecule has 0 radical (unpaired) electrons. The fourth-order valence-corrected chi connectivity index (χ4v) is 3.11. The Balaban J connectivity index is 1.80. The van der Waals surface area contributed by atoms with Crippen LogP contribution in [0.2, 0.25) is 0 Å². The molecule has 3 aromatic rings. The second kappa shape index (κ2) is 7.07. The third-order valence-electron chi connectivity index (χ3n) is 3.55. The standard InChI is InChI=1S/C19H15N3OS/c1-13-7-9-14(10-8-13)17-12-24-19(22-17)16(11-20)18(23)21-15-5-3-2-4-6-15/h2-10,12,16H,1H3,(H,21,23)/t16-/m0/s1. The molecule has 4 nitrogen and oxygen atoms in total. The highest BCUT2D eigenvalue weighted by Crippen LogP contribution is 2.27. The fourth-order valence-electron chi connectivity index (χ4n) is 2.24. The molecule has 0 fully saturated rings. The SMILES string of the molecule is Cc1ccc(-c2csc([C@@H](C#N)C(=O)Nc3ccccc3)n2)cc1. The molecule has 0 aliphatic rings. The topological polar surface area (TPSA) is 65.8 Å². The van der Waals surface area contributed by atoms with Gasteiger partial charge in [-0.3, -0.25) is 4.79 Å². The van der Waals surface area contributed by atoms with Gasteiger partial charge in [0.1, 0.15) is 5.01 Å². The van der Waals surface area contributed by atoms with E-state index >= 15 is 0 Å². The van der Waals surface area contributed by atoms with Gasteiger partial charge in [-0.2, -0.15) is 5.26 Å². The van der Waals surface area contributed by atoms with Crippen LogP contribution in [-0.2, 0) is 4.79 Å². The number of para-hydroxylation sites is 1. The molecule has 24 heavy (non-hydrogen) atoms. The van der Waals surface area contributed by atoms with Crippen LogP contribution >= 0.6 is 11.3 Å². The molecule has 1 heterocycles. The van der Waals surface area contributed by atoms with Crippen molar-refractivity contribution in [3.63, 3.8) is 0 Å². The van der Waals surface area contributed by atoms with Crippen molar-refractivity contribution in [1.29, 1.82) is 5.26 Å². The number of benzene rings is 2. The van der Waals surface area contributed by atoms with Gasteiger partial charge < -0.3 is 5.32 Å². The quantitative estimate of drug-likeness (QED) is 0.771. The number of anilines is 1. The fraction of sp³-hybridized carbons (Fsp3) is 0.105. The molecule has 1 atom stereocenters. The lowest BCUT2D eigenvalue weighted by atomic mass is 10.1. The first-order valence-electron chi connectivity index (χ1n) is 7.45. The lowest BCUT2D eigenvalue weighted by Gasteiger charge is -2.07. The summed E-state index contributed by atoms with van der Waals surface area (Å²) in [5.74, 6) is -1.29. The van der Waals surface area contributed by atoms with Crippen molar-refractivity contribution in [3.8, 4) is 17.3 Å². The first-order valence-corrected chi connectivity index (χ1v) is 8.33. The zero-order valence-corrected chi connectivity index (χ0v) is 13.9. The van der Waals surface area contributed by atoms with Crippen LogP contribution in [0.5, 0.6) is 0 Å².